The summed E-state index contributed by atoms with van der Waals surface area (Å²) in [5.74, 6) is -0.820. The second-order valence-corrected chi connectivity index (χ2v) is 4.83. The van der Waals surface area contributed by atoms with Crippen LogP contribution in [-0.2, 0) is 21.8 Å². The van der Waals surface area contributed by atoms with E-state index < -0.39 is 28.4 Å². The highest BCUT2D eigenvalue weighted by atomic mass is 32.2. The lowest BCUT2D eigenvalue weighted by atomic mass is 10.2. The van der Waals surface area contributed by atoms with Crippen LogP contribution in [0.15, 0.2) is 23.1 Å². The number of halogens is 3. The number of hydrogen-bond donors (Lipinski definition) is 2. The molecular weight excluding hydrogens is 269 g/mol. The predicted molar refractivity (Wildman–Crippen MR) is 61.2 cm³/mol. The molecule has 0 radical (unpaired) electrons. The standard InChI is InChI=1S/C10H11F3N2O2S/c1-15-9(16)5-18(17)8-3-2-6(4-7(8)14)10(11,12)13/h2-4H,5,14H2,1H3,(H,15,16). The number of carbonyl (C=O) groups excluding carboxylic acids is 1. The van der Waals surface area contributed by atoms with Gasteiger partial charge in [-0.2, -0.15) is 13.2 Å². The molecule has 4 nitrogen and oxygen atoms in total. The van der Waals surface area contributed by atoms with E-state index in [0.717, 1.165) is 12.1 Å². The summed E-state index contributed by atoms with van der Waals surface area (Å²) in [6.07, 6.45) is -4.51. The van der Waals surface area contributed by atoms with Crippen LogP contribution in [0.4, 0.5) is 18.9 Å². The summed E-state index contributed by atoms with van der Waals surface area (Å²) in [5, 5.41) is 2.27. The number of anilines is 1. The van der Waals surface area contributed by atoms with Gasteiger partial charge in [-0.05, 0) is 18.2 Å². The molecule has 0 bridgehead atoms. The van der Waals surface area contributed by atoms with Crippen molar-refractivity contribution in [3.63, 3.8) is 0 Å². The maximum Gasteiger partial charge on any atom is 0.416 e. The van der Waals surface area contributed by atoms with Gasteiger partial charge in [0.05, 0.1) is 21.3 Å². The van der Waals surface area contributed by atoms with Crippen molar-refractivity contribution in [3.05, 3.63) is 23.8 Å². The summed E-state index contributed by atoms with van der Waals surface area (Å²) in [7, 11) is -0.394. The summed E-state index contributed by atoms with van der Waals surface area (Å²) in [6, 6.07) is 2.52. The van der Waals surface area contributed by atoms with Gasteiger partial charge in [-0.15, -0.1) is 0 Å². The highest BCUT2D eigenvalue weighted by Crippen LogP contribution is 2.32. The van der Waals surface area contributed by atoms with Gasteiger partial charge in [0.1, 0.15) is 5.75 Å². The van der Waals surface area contributed by atoms with Crippen molar-refractivity contribution >= 4 is 22.4 Å². The molecule has 0 saturated carbocycles. The van der Waals surface area contributed by atoms with Crippen LogP contribution in [0.1, 0.15) is 5.56 Å². The van der Waals surface area contributed by atoms with Gasteiger partial charge in [-0.3, -0.25) is 9.00 Å². The summed E-state index contributed by atoms with van der Waals surface area (Å²) in [6.45, 7) is 0. The smallest absolute Gasteiger partial charge is 0.398 e. The molecule has 18 heavy (non-hydrogen) atoms. The Morgan fingerprint density at radius 3 is 2.50 bits per heavy atom. The van der Waals surface area contributed by atoms with Crippen LogP contribution in [0.5, 0.6) is 0 Å². The average molecular weight is 280 g/mol. The molecule has 8 heteroatoms. The number of alkyl halides is 3. The number of nitrogen functional groups attached to an aromatic ring is 1. The number of amides is 1. The number of rotatable bonds is 3. The Hall–Kier alpha value is -1.57. The monoisotopic (exact) mass is 280 g/mol. The number of nitrogens with one attached hydrogen (secondary N) is 1. The van der Waals surface area contributed by atoms with Crippen LogP contribution in [-0.4, -0.2) is 22.9 Å². The third-order valence-corrected chi connectivity index (χ3v) is 3.51. The van der Waals surface area contributed by atoms with Crippen LogP contribution in [0, 0.1) is 0 Å². The Morgan fingerprint density at radius 1 is 1.44 bits per heavy atom. The van der Waals surface area contributed by atoms with E-state index >= 15 is 0 Å². The first-order valence-electron chi connectivity index (χ1n) is 4.81. The van der Waals surface area contributed by atoms with E-state index in [0.29, 0.717) is 6.07 Å². The van der Waals surface area contributed by atoms with E-state index in [-0.39, 0.29) is 16.3 Å². The molecule has 0 fully saturated rings. The minimum absolute atomic E-state index is 0.0200. The molecule has 1 unspecified atom stereocenters. The van der Waals surface area contributed by atoms with E-state index in [1.807, 2.05) is 0 Å². The molecule has 0 saturated heterocycles. The molecule has 1 atom stereocenters. The Balaban J connectivity index is 2.99. The third-order valence-electron chi connectivity index (χ3n) is 2.12. The number of hydrogen-bond acceptors (Lipinski definition) is 3. The van der Waals surface area contributed by atoms with Crippen molar-refractivity contribution in [3.8, 4) is 0 Å². The maximum atomic E-state index is 12.4. The second-order valence-electron chi connectivity index (χ2n) is 3.41. The molecular formula is C10H11F3N2O2S. The van der Waals surface area contributed by atoms with Crippen LogP contribution < -0.4 is 11.1 Å². The molecule has 0 aliphatic heterocycles. The van der Waals surface area contributed by atoms with E-state index in [2.05, 4.69) is 5.32 Å². The number of carbonyl (C=O) groups is 1. The van der Waals surface area contributed by atoms with Crippen molar-refractivity contribution in [1.82, 2.24) is 5.32 Å². The van der Waals surface area contributed by atoms with Crippen molar-refractivity contribution in [1.29, 1.82) is 0 Å². The van der Waals surface area contributed by atoms with Crippen LogP contribution in [0.2, 0.25) is 0 Å². The predicted octanol–water partition coefficient (Wildman–Crippen LogP) is 1.14. The van der Waals surface area contributed by atoms with Gasteiger partial charge in [-0.25, -0.2) is 0 Å². The fourth-order valence-corrected chi connectivity index (χ4v) is 2.28. The third kappa shape index (κ3) is 3.46. The molecule has 1 aromatic rings. The number of benzene rings is 1. The summed E-state index contributed by atoms with van der Waals surface area (Å²) in [5.41, 5.74) is 4.25. The topological polar surface area (TPSA) is 72.2 Å². The molecule has 0 aromatic heterocycles. The Kier molecular flexibility index (Phi) is 4.33. The molecule has 0 aliphatic rings. The van der Waals surface area contributed by atoms with Crippen LogP contribution >= 0.6 is 0 Å². The normalized spacial score (nSPS) is 13.1. The SMILES string of the molecule is CNC(=O)CS(=O)c1ccc(C(F)(F)F)cc1N. The molecule has 1 amide bonds. The minimum atomic E-state index is -4.51. The van der Waals surface area contributed by atoms with Gasteiger partial charge in [0.15, 0.2) is 0 Å². The molecule has 0 aliphatic carbocycles. The average Bonchev–Trinajstić information content (AvgIpc) is 2.27. The van der Waals surface area contributed by atoms with Gasteiger partial charge >= 0.3 is 6.18 Å². The maximum absolute atomic E-state index is 12.4. The molecule has 1 rings (SSSR count). The summed E-state index contributed by atoms with van der Waals surface area (Å²) >= 11 is 0. The van der Waals surface area contributed by atoms with Crippen molar-refractivity contribution in [2.24, 2.45) is 0 Å². The highest BCUT2D eigenvalue weighted by Gasteiger charge is 2.31. The highest BCUT2D eigenvalue weighted by molar-refractivity contribution is 7.86. The Morgan fingerprint density at radius 2 is 2.06 bits per heavy atom. The zero-order chi connectivity index (χ0) is 13.9. The summed E-state index contributed by atoms with van der Waals surface area (Å²) < 4.78 is 48.8. The lowest BCUT2D eigenvalue weighted by molar-refractivity contribution is -0.137. The lowest BCUT2D eigenvalue weighted by Gasteiger charge is -2.10. The van der Waals surface area contributed by atoms with Crippen LogP contribution in [0.3, 0.4) is 0 Å². The molecule has 1 aromatic carbocycles. The molecule has 100 valence electrons. The van der Waals surface area contributed by atoms with Gasteiger partial charge < -0.3 is 11.1 Å². The molecule has 0 heterocycles. The van der Waals surface area contributed by atoms with Crippen molar-refractivity contribution < 1.29 is 22.2 Å². The van der Waals surface area contributed by atoms with Crippen molar-refractivity contribution in [2.75, 3.05) is 18.5 Å². The second kappa shape index (κ2) is 5.38. The fourth-order valence-electron chi connectivity index (χ4n) is 1.20. The van der Waals surface area contributed by atoms with Crippen molar-refractivity contribution in [2.45, 2.75) is 11.1 Å². The summed E-state index contributed by atoms with van der Waals surface area (Å²) in [4.78, 5) is 11.0. The fraction of sp³-hybridized carbons (Fsp3) is 0.300. The molecule has 3 N–H and O–H groups in total. The first-order valence-corrected chi connectivity index (χ1v) is 6.13. The lowest BCUT2D eigenvalue weighted by Crippen LogP contribution is -2.24. The quantitative estimate of drug-likeness (QED) is 0.816. The van der Waals surface area contributed by atoms with E-state index in [4.69, 9.17) is 5.73 Å². The first kappa shape index (κ1) is 14.5. The van der Waals surface area contributed by atoms with E-state index in [1.165, 1.54) is 7.05 Å². The van der Waals surface area contributed by atoms with Crippen LogP contribution in [0.25, 0.3) is 0 Å². The van der Waals surface area contributed by atoms with Gasteiger partial charge in [0.2, 0.25) is 5.91 Å². The Bertz CT molecular complexity index is 489. The largest absolute Gasteiger partial charge is 0.416 e. The van der Waals surface area contributed by atoms with Gasteiger partial charge in [0, 0.05) is 12.7 Å². The van der Waals surface area contributed by atoms with Gasteiger partial charge in [0.25, 0.3) is 0 Å². The zero-order valence-corrected chi connectivity index (χ0v) is 10.2. The Labute approximate surface area is 104 Å². The minimum Gasteiger partial charge on any atom is -0.398 e. The first-order chi connectivity index (χ1) is 8.25. The van der Waals surface area contributed by atoms with Gasteiger partial charge in [-0.1, -0.05) is 0 Å². The molecule has 0 spiro atoms. The van der Waals surface area contributed by atoms with E-state index in [9.17, 15) is 22.2 Å². The zero-order valence-electron chi connectivity index (χ0n) is 9.38. The number of nitrogens with two attached hydrogens (primary N) is 1. The van der Waals surface area contributed by atoms with E-state index in [1.54, 1.807) is 0 Å².